The highest BCUT2D eigenvalue weighted by molar-refractivity contribution is 6.30. The maximum atomic E-state index is 13.1. The van der Waals surface area contributed by atoms with Crippen molar-refractivity contribution in [2.45, 2.75) is 50.8 Å². The fraction of sp³-hybridized carbons (Fsp3) is 0.474. The molecule has 1 amide bonds. The molecule has 1 aromatic carbocycles. The first kappa shape index (κ1) is 18.0. The lowest BCUT2D eigenvalue weighted by Gasteiger charge is -2.44. The first-order valence-electron chi connectivity index (χ1n) is 8.55. The van der Waals surface area contributed by atoms with E-state index in [2.05, 4.69) is 0 Å². The number of carboxylic acid groups (broad SMARTS) is 1. The molecule has 4 atom stereocenters. The van der Waals surface area contributed by atoms with Crippen molar-refractivity contribution in [3.8, 4) is 0 Å². The van der Waals surface area contributed by atoms with Gasteiger partial charge in [0.05, 0.1) is 24.6 Å². The molecule has 1 fully saturated rings. The van der Waals surface area contributed by atoms with Crippen molar-refractivity contribution in [2.24, 2.45) is 5.92 Å². The van der Waals surface area contributed by atoms with E-state index >= 15 is 0 Å². The average Bonchev–Trinajstić information content (AvgIpc) is 3.36. The first-order valence-corrected chi connectivity index (χ1v) is 8.92. The Morgan fingerprint density at radius 2 is 1.96 bits per heavy atom. The van der Waals surface area contributed by atoms with Crippen molar-refractivity contribution in [3.63, 3.8) is 0 Å². The Balaban J connectivity index is 1.95. The summed E-state index contributed by atoms with van der Waals surface area (Å²) in [6, 6.07) is 6.78. The van der Waals surface area contributed by atoms with Crippen molar-refractivity contribution < 1.29 is 19.8 Å². The molecule has 1 heterocycles. The third kappa shape index (κ3) is 3.88. The van der Waals surface area contributed by atoms with E-state index < -0.39 is 24.0 Å². The van der Waals surface area contributed by atoms with Crippen LogP contribution in [0.15, 0.2) is 35.9 Å². The van der Waals surface area contributed by atoms with Crippen LogP contribution < -0.4 is 0 Å². The molecule has 5 nitrogen and oxygen atoms in total. The lowest BCUT2D eigenvalue weighted by molar-refractivity contribution is -0.152. The van der Waals surface area contributed by atoms with Crippen LogP contribution in [0.3, 0.4) is 0 Å². The summed E-state index contributed by atoms with van der Waals surface area (Å²) in [4.78, 5) is 25.9. The maximum absolute atomic E-state index is 13.1. The van der Waals surface area contributed by atoms with E-state index in [0.717, 1.165) is 17.6 Å². The highest BCUT2D eigenvalue weighted by Gasteiger charge is 2.44. The minimum absolute atomic E-state index is 0.172. The number of hydrogen-bond acceptors (Lipinski definition) is 3. The Labute approximate surface area is 151 Å². The van der Waals surface area contributed by atoms with Crippen LogP contribution in [0.25, 0.3) is 0 Å². The van der Waals surface area contributed by atoms with Gasteiger partial charge in [-0.1, -0.05) is 29.8 Å². The number of benzene rings is 1. The van der Waals surface area contributed by atoms with Crippen LogP contribution >= 0.6 is 11.6 Å². The number of aliphatic hydroxyl groups is 1. The summed E-state index contributed by atoms with van der Waals surface area (Å²) in [6.07, 6.45) is 3.10. The third-order valence-electron chi connectivity index (χ3n) is 4.98. The Hall–Kier alpha value is -1.85. The zero-order chi connectivity index (χ0) is 18.1. The summed E-state index contributed by atoms with van der Waals surface area (Å²) in [5.74, 6) is -1.70. The zero-order valence-electron chi connectivity index (χ0n) is 14.1. The van der Waals surface area contributed by atoms with Gasteiger partial charge in [0, 0.05) is 10.9 Å². The number of carboxylic acids is 1. The van der Waals surface area contributed by atoms with Crippen molar-refractivity contribution in [1.29, 1.82) is 0 Å². The lowest BCUT2D eigenvalue weighted by Crippen LogP contribution is -2.52. The Bertz CT molecular complexity index is 698. The number of piperidine rings is 1. The molecule has 0 saturated carbocycles. The molecule has 3 rings (SSSR count). The number of likely N-dealkylation sites (tertiary alicyclic amines) is 1. The normalized spacial score (nSPS) is 25.3. The highest BCUT2D eigenvalue weighted by Crippen LogP contribution is 2.42. The molecule has 25 heavy (non-hydrogen) atoms. The summed E-state index contributed by atoms with van der Waals surface area (Å²) in [5.41, 5.74) is 2.00. The SMILES string of the molecule is C[C@H](O)[C@H](C1=CC1)N1C(=O)[C@@H](CC(=O)O)CC[C@H]1c1ccc(Cl)cc1. The molecule has 1 aliphatic heterocycles. The van der Waals surface area contributed by atoms with E-state index in [1.165, 1.54) is 0 Å². The number of carbonyl (C=O) groups excluding carboxylic acids is 1. The number of rotatable bonds is 6. The highest BCUT2D eigenvalue weighted by atomic mass is 35.5. The van der Waals surface area contributed by atoms with Gasteiger partial charge in [-0.15, -0.1) is 0 Å². The predicted molar refractivity (Wildman–Crippen MR) is 94.2 cm³/mol. The second kappa shape index (κ2) is 7.18. The molecule has 0 spiro atoms. The molecular weight excluding hydrogens is 342 g/mol. The number of amides is 1. The largest absolute Gasteiger partial charge is 0.481 e. The van der Waals surface area contributed by atoms with E-state index in [1.807, 2.05) is 18.2 Å². The fourth-order valence-electron chi connectivity index (χ4n) is 3.75. The lowest BCUT2D eigenvalue weighted by atomic mass is 9.84. The molecule has 1 saturated heterocycles. The van der Waals surface area contributed by atoms with E-state index in [0.29, 0.717) is 17.9 Å². The Kier molecular flexibility index (Phi) is 5.16. The topological polar surface area (TPSA) is 77.8 Å². The summed E-state index contributed by atoms with van der Waals surface area (Å²) < 4.78 is 0. The van der Waals surface area contributed by atoms with Gasteiger partial charge in [-0.3, -0.25) is 9.59 Å². The van der Waals surface area contributed by atoms with Gasteiger partial charge in [-0.2, -0.15) is 0 Å². The Morgan fingerprint density at radius 3 is 2.48 bits per heavy atom. The monoisotopic (exact) mass is 363 g/mol. The minimum Gasteiger partial charge on any atom is -0.481 e. The van der Waals surface area contributed by atoms with Crippen LogP contribution in [0.4, 0.5) is 0 Å². The van der Waals surface area contributed by atoms with Crippen LogP contribution in [0.5, 0.6) is 0 Å². The van der Waals surface area contributed by atoms with E-state index in [1.54, 1.807) is 24.0 Å². The van der Waals surface area contributed by atoms with E-state index in [-0.39, 0.29) is 18.4 Å². The van der Waals surface area contributed by atoms with E-state index in [9.17, 15) is 14.7 Å². The molecule has 2 aliphatic rings. The van der Waals surface area contributed by atoms with Gasteiger partial charge in [0.1, 0.15) is 0 Å². The van der Waals surface area contributed by atoms with Crippen LogP contribution in [0.1, 0.15) is 44.2 Å². The molecule has 0 aromatic heterocycles. The van der Waals surface area contributed by atoms with Crippen molar-refractivity contribution >= 4 is 23.5 Å². The van der Waals surface area contributed by atoms with Crippen LogP contribution in [-0.2, 0) is 9.59 Å². The van der Waals surface area contributed by atoms with Gasteiger partial charge >= 0.3 is 5.97 Å². The molecule has 6 heteroatoms. The summed E-state index contributed by atoms with van der Waals surface area (Å²) in [6.45, 7) is 1.68. The maximum Gasteiger partial charge on any atom is 0.304 e. The van der Waals surface area contributed by atoms with Crippen LogP contribution in [0, 0.1) is 5.92 Å². The number of aliphatic carboxylic acids is 1. The van der Waals surface area contributed by atoms with Gasteiger partial charge < -0.3 is 15.1 Å². The quantitative estimate of drug-likeness (QED) is 0.761. The average molecular weight is 364 g/mol. The second-order valence-electron chi connectivity index (χ2n) is 6.85. The number of aliphatic hydroxyl groups excluding tert-OH is 1. The number of allylic oxidation sites excluding steroid dienone is 1. The molecule has 134 valence electrons. The summed E-state index contributed by atoms with van der Waals surface area (Å²) >= 11 is 5.97. The zero-order valence-corrected chi connectivity index (χ0v) is 14.8. The second-order valence-corrected chi connectivity index (χ2v) is 7.29. The van der Waals surface area contributed by atoms with E-state index in [4.69, 9.17) is 16.7 Å². The smallest absolute Gasteiger partial charge is 0.304 e. The van der Waals surface area contributed by atoms with Gasteiger partial charge in [0.25, 0.3) is 0 Å². The van der Waals surface area contributed by atoms with Gasteiger partial charge in [-0.25, -0.2) is 0 Å². The summed E-state index contributed by atoms with van der Waals surface area (Å²) in [5, 5.41) is 20.0. The fourth-order valence-corrected chi connectivity index (χ4v) is 3.88. The number of halogens is 1. The molecule has 1 aliphatic carbocycles. The van der Waals surface area contributed by atoms with Crippen molar-refractivity contribution in [3.05, 3.63) is 46.5 Å². The number of nitrogens with zero attached hydrogens (tertiary/aromatic N) is 1. The van der Waals surface area contributed by atoms with Gasteiger partial charge in [0.2, 0.25) is 5.91 Å². The first-order chi connectivity index (χ1) is 11.9. The molecular formula is C19H22ClNO4. The van der Waals surface area contributed by atoms with Crippen molar-refractivity contribution in [2.75, 3.05) is 0 Å². The molecule has 0 bridgehead atoms. The summed E-state index contributed by atoms with van der Waals surface area (Å²) in [7, 11) is 0. The third-order valence-corrected chi connectivity index (χ3v) is 5.23. The standard InChI is InChI=1S/C19H22ClNO4/c1-11(22)18(13-2-3-13)21-16(12-4-7-15(20)8-5-12)9-6-14(19(21)25)10-17(23)24/h2,4-5,7-8,11,14,16,18,22H,3,6,9-10H2,1H3,(H,23,24)/t11-,14+,16-,18+/m0/s1. The van der Waals surface area contributed by atoms with Crippen LogP contribution in [-0.4, -0.2) is 39.1 Å². The molecule has 0 unspecified atom stereocenters. The van der Waals surface area contributed by atoms with Crippen molar-refractivity contribution in [1.82, 2.24) is 4.90 Å². The molecule has 1 aromatic rings. The van der Waals surface area contributed by atoms with Gasteiger partial charge in [-0.05, 0) is 49.5 Å². The number of carbonyl (C=O) groups is 2. The molecule has 0 radical (unpaired) electrons. The predicted octanol–water partition coefficient (Wildman–Crippen LogP) is 3.17. The Morgan fingerprint density at radius 1 is 1.32 bits per heavy atom. The molecule has 2 N–H and O–H groups in total. The number of hydrogen-bond donors (Lipinski definition) is 2. The minimum atomic E-state index is -0.970. The van der Waals surface area contributed by atoms with Crippen LogP contribution in [0.2, 0.25) is 5.02 Å². The van der Waals surface area contributed by atoms with Gasteiger partial charge in [0.15, 0.2) is 0 Å².